The zero-order valence-corrected chi connectivity index (χ0v) is 18.7. The van der Waals surface area contributed by atoms with E-state index in [-0.39, 0.29) is 12.5 Å². The number of quaternary nitrogens is 1. The van der Waals surface area contributed by atoms with Crippen LogP contribution in [-0.2, 0) is 5.60 Å². The lowest BCUT2D eigenvalue weighted by Crippen LogP contribution is -2.86. The molecule has 0 saturated carbocycles. The molecule has 0 bridgehead atoms. The highest BCUT2D eigenvalue weighted by atomic mass is 79.9. The van der Waals surface area contributed by atoms with E-state index in [1.54, 1.807) is 0 Å². The van der Waals surface area contributed by atoms with E-state index in [2.05, 4.69) is 59.4 Å². The van der Waals surface area contributed by atoms with Crippen molar-refractivity contribution in [3.05, 3.63) is 70.2 Å². The van der Waals surface area contributed by atoms with Crippen LogP contribution in [0.3, 0.4) is 0 Å². The Bertz CT molecular complexity index is 675. The first-order valence-corrected chi connectivity index (χ1v) is 11.2. The quantitative estimate of drug-likeness (QED) is 0.426. The summed E-state index contributed by atoms with van der Waals surface area (Å²) in [6.45, 7) is 6.44. The summed E-state index contributed by atoms with van der Waals surface area (Å²) in [5.74, 6) is 0.537. The summed E-state index contributed by atoms with van der Waals surface area (Å²) in [4.78, 5) is 0. The molecule has 2 unspecified atom stereocenters. The Morgan fingerprint density at radius 2 is 1.68 bits per heavy atom. The molecule has 0 aliphatic carbocycles. The van der Waals surface area contributed by atoms with Crippen molar-refractivity contribution in [1.29, 1.82) is 0 Å². The van der Waals surface area contributed by atoms with Gasteiger partial charge in [-0.2, -0.15) is 0 Å². The molecule has 0 saturated heterocycles. The lowest BCUT2D eigenvalue weighted by Gasteiger charge is -2.37. The zero-order valence-electron chi connectivity index (χ0n) is 17.2. The number of halogens is 1. The van der Waals surface area contributed by atoms with Crippen LogP contribution in [0.2, 0.25) is 0 Å². The fraction of sp³-hybridized carbons (Fsp3) is 0.500. The van der Waals surface area contributed by atoms with Gasteiger partial charge in [0.1, 0.15) is 5.60 Å². The first-order valence-electron chi connectivity index (χ1n) is 10.4. The molecule has 0 aromatic heterocycles. The average Bonchev–Trinajstić information content (AvgIpc) is 2.70. The van der Waals surface area contributed by atoms with Crippen molar-refractivity contribution in [1.82, 2.24) is 0 Å². The molecule has 0 aliphatic rings. The maximum Gasteiger partial charge on any atom is 0.102 e. The van der Waals surface area contributed by atoms with E-state index in [0.717, 1.165) is 48.8 Å². The number of benzene rings is 2. The number of aliphatic hydroxyl groups excluding tert-OH is 1. The minimum atomic E-state index is -0.917. The maximum absolute atomic E-state index is 12.1. The van der Waals surface area contributed by atoms with Crippen molar-refractivity contribution in [2.45, 2.75) is 51.0 Å². The van der Waals surface area contributed by atoms with E-state index < -0.39 is 5.60 Å². The number of unbranched alkanes of at least 4 members (excludes halogenated alkanes) is 1. The predicted molar refractivity (Wildman–Crippen MR) is 119 cm³/mol. The van der Waals surface area contributed by atoms with Crippen LogP contribution in [0.15, 0.2) is 59.1 Å². The monoisotopic (exact) mass is 448 g/mol. The lowest BCUT2D eigenvalue weighted by molar-refractivity contribution is -0.659. The normalized spacial score (nSPS) is 14.8. The molecule has 0 fully saturated rings. The van der Waals surface area contributed by atoms with Gasteiger partial charge in [0.25, 0.3) is 0 Å². The fourth-order valence-electron chi connectivity index (χ4n) is 3.74. The van der Waals surface area contributed by atoms with Crippen LogP contribution in [-0.4, -0.2) is 29.9 Å². The summed E-state index contributed by atoms with van der Waals surface area (Å²) in [6, 6.07) is 18.5. The van der Waals surface area contributed by atoms with Crippen molar-refractivity contribution < 1.29 is 15.5 Å². The maximum atomic E-state index is 12.1. The van der Waals surface area contributed by atoms with Gasteiger partial charge in [-0.25, -0.2) is 0 Å². The Kier molecular flexibility index (Phi) is 9.66. The summed E-state index contributed by atoms with van der Waals surface area (Å²) in [6.07, 6.45) is 3.52. The average molecular weight is 449 g/mol. The predicted octanol–water partition coefficient (Wildman–Crippen LogP) is 4.19. The van der Waals surface area contributed by atoms with Crippen LogP contribution in [0.5, 0.6) is 0 Å². The second kappa shape index (κ2) is 11.7. The third kappa shape index (κ3) is 6.70. The van der Waals surface area contributed by atoms with E-state index >= 15 is 0 Å². The lowest BCUT2D eigenvalue weighted by atomic mass is 9.73. The number of hydrogen-bond donors (Lipinski definition) is 3. The number of hydrogen-bond acceptors (Lipinski definition) is 2. The highest BCUT2D eigenvalue weighted by molar-refractivity contribution is 9.10. The molecular weight excluding hydrogens is 414 g/mol. The van der Waals surface area contributed by atoms with E-state index in [0.29, 0.717) is 5.92 Å². The number of aliphatic hydroxyl groups is 2. The van der Waals surface area contributed by atoms with Gasteiger partial charge in [0.15, 0.2) is 0 Å². The van der Waals surface area contributed by atoms with Crippen molar-refractivity contribution in [2.24, 2.45) is 5.92 Å². The van der Waals surface area contributed by atoms with Crippen molar-refractivity contribution in [2.75, 3.05) is 19.7 Å². The van der Waals surface area contributed by atoms with Crippen LogP contribution in [0.4, 0.5) is 0 Å². The van der Waals surface area contributed by atoms with Crippen LogP contribution < -0.4 is 5.32 Å². The highest BCUT2D eigenvalue weighted by Crippen LogP contribution is 2.41. The molecule has 2 atom stereocenters. The molecule has 4 heteroatoms. The van der Waals surface area contributed by atoms with Gasteiger partial charge < -0.3 is 15.5 Å². The molecule has 0 radical (unpaired) electrons. The van der Waals surface area contributed by atoms with Gasteiger partial charge in [-0.3, -0.25) is 0 Å². The molecule has 4 N–H and O–H groups in total. The minimum absolute atomic E-state index is 0.00255. The van der Waals surface area contributed by atoms with Crippen LogP contribution in [0.25, 0.3) is 0 Å². The minimum Gasteiger partial charge on any atom is -0.396 e. The van der Waals surface area contributed by atoms with Gasteiger partial charge in [-0.1, -0.05) is 72.2 Å². The third-order valence-electron chi connectivity index (χ3n) is 5.44. The standard InChI is InChI=1S/C24H34BrNO2/c1-19(2)14-15-24(28,21-10-12-22(25)13-11-21)23(18-26-16-6-7-17-27)20-8-4-3-5-9-20/h3-5,8-13,19,23,26-28H,6-7,14-18H2,1-2H3/p+1. The third-order valence-corrected chi connectivity index (χ3v) is 5.97. The van der Waals surface area contributed by atoms with Gasteiger partial charge >= 0.3 is 0 Å². The first kappa shape index (κ1) is 23.1. The van der Waals surface area contributed by atoms with Crippen molar-refractivity contribution in [3.63, 3.8) is 0 Å². The van der Waals surface area contributed by atoms with E-state index in [1.807, 2.05) is 30.3 Å². The van der Waals surface area contributed by atoms with E-state index in [1.165, 1.54) is 5.56 Å². The van der Waals surface area contributed by atoms with Gasteiger partial charge in [-0.15, -0.1) is 0 Å². The van der Waals surface area contributed by atoms with Gasteiger partial charge in [0, 0.05) is 11.1 Å². The summed E-state index contributed by atoms with van der Waals surface area (Å²) >= 11 is 3.51. The largest absolute Gasteiger partial charge is 0.396 e. The molecule has 0 aliphatic heterocycles. The smallest absolute Gasteiger partial charge is 0.102 e. The topological polar surface area (TPSA) is 57.1 Å². The molecule has 0 amide bonds. The zero-order chi connectivity index (χ0) is 20.4. The van der Waals surface area contributed by atoms with Gasteiger partial charge in [-0.05, 0) is 54.9 Å². The van der Waals surface area contributed by atoms with E-state index in [9.17, 15) is 5.11 Å². The molecule has 0 spiro atoms. The fourth-order valence-corrected chi connectivity index (χ4v) is 4.01. The van der Waals surface area contributed by atoms with Crippen LogP contribution in [0, 0.1) is 5.92 Å². The Morgan fingerprint density at radius 3 is 2.29 bits per heavy atom. The van der Waals surface area contributed by atoms with Gasteiger partial charge in [0.2, 0.25) is 0 Å². The SMILES string of the molecule is CC(C)CCC(O)(c1ccc(Br)cc1)C(C[NH2+]CCCCO)c1ccccc1. The Morgan fingerprint density at radius 1 is 1.00 bits per heavy atom. The number of rotatable bonds is 12. The molecule has 3 nitrogen and oxygen atoms in total. The Hall–Kier alpha value is -1.20. The van der Waals surface area contributed by atoms with Crippen LogP contribution in [0.1, 0.15) is 56.6 Å². The molecule has 2 aromatic carbocycles. The molecule has 0 heterocycles. The van der Waals surface area contributed by atoms with Gasteiger partial charge in [0.05, 0.1) is 19.0 Å². The first-order chi connectivity index (χ1) is 13.5. The second-order valence-electron chi connectivity index (χ2n) is 8.07. The Balaban J connectivity index is 2.34. The summed E-state index contributed by atoms with van der Waals surface area (Å²) in [7, 11) is 0. The highest BCUT2D eigenvalue weighted by Gasteiger charge is 2.40. The molecule has 2 aromatic rings. The summed E-state index contributed by atoms with van der Waals surface area (Å²) in [5, 5.41) is 23.4. The summed E-state index contributed by atoms with van der Waals surface area (Å²) in [5.41, 5.74) is 1.24. The van der Waals surface area contributed by atoms with E-state index in [4.69, 9.17) is 5.11 Å². The molecule has 28 heavy (non-hydrogen) atoms. The molecule has 154 valence electrons. The van der Waals surface area contributed by atoms with Crippen LogP contribution >= 0.6 is 15.9 Å². The van der Waals surface area contributed by atoms with Crippen molar-refractivity contribution in [3.8, 4) is 0 Å². The summed E-state index contributed by atoms with van der Waals surface area (Å²) < 4.78 is 1.02. The van der Waals surface area contributed by atoms with Crippen molar-refractivity contribution >= 4 is 15.9 Å². The molecule has 2 rings (SSSR count). The Labute approximate surface area is 178 Å². The number of nitrogens with two attached hydrogens (primary N) is 1. The second-order valence-corrected chi connectivity index (χ2v) is 8.99. The molecular formula is C24H35BrNO2+.